The molecule has 3 fully saturated rings. The zero-order chi connectivity index (χ0) is 84.7. The third-order valence-corrected chi connectivity index (χ3v) is 23.3. The number of ether oxygens (including phenoxy) is 8. The zero-order valence-electron chi connectivity index (χ0n) is 72.0. The number of esters is 4. The molecule has 1 aliphatic carbocycles. The Labute approximate surface area is 697 Å². The smallest absolute Gasteiger partial charge is 0.463 e. The fourth-order valence-corrected chi connectivity index (χ4v) is 15.9. The second-order valence-electron chi connectivity index (χ2n) is 32.8. The molecule has 2 saturated heterocycles. The third-order valence-electron chi connectivity index (χ3n) is 22.3. The van der Waals surface area contributed by atoms with E-state index in [9.17, 15) is 74.6 Å². The summed E-state index contributed by atoms with van der Waals surface area (Å²) in [5, 5.41) is 102. The number of aliphatic hydroxyl groups is 9. The van der Waals surface area contributed by atoms with Gasteiger partial charge in [-0.2, -0.15) is 0 Å². The van der Waals surface area contributed by atoms with E-state index in [-0.39, 0.29) is 25.7 Å². The maximum Gasteiger partial charge on any atom is 0.472 e. The lowest BCUT2D eigenvalue weighted by Gasteiger charge is -2.50. The Morgan fingerprint density at radius 3 is 1.04 bits per heavy atom. The first-order chi connectivity index (χ1) is 56.2. The van der Waals surface area contributed by atoms with Crippen molar-refractivity contribution in [3.8, 4) is 0 Å². The molecule has 10 N–H and O–H groups in total. The number of phosphoric ester groups is 1. The highest BCUT2D eigenvalue weighted by molar-refractivity contribution is 7.47. The molecule has 2 aliphatic heterocycles. The quantitative estimate of drug-likeness (QED) is 0.00889. The van der Waals surface area contributed by atoms with E-state index in [4.69, 9.17) is 46.9 Å². The molecular formula is C90H163O25P. The minimum atomic E-state index is -5.81. The lowest BCUT2D eigenvalue weighted by molar-refractivity contribution is -0.360. The molecule has 0 bridgehead atoms. The van der Waals surface area contributed by atoms with Gasteiger partial charge in [-0.1, -0.05) is 289 Å². The van der Waals surface area contributed by atoms with E-state index >= 15 is 0 Å². The second kappa shape index (κ2) is 69.1. The van der Waals surface area contributed by atoms with Crippen LogP contribution in [-0.4, -0.2) is 205 Å². The first kappa shape index (κ1) is 107. The van der Waals surface area contributed by atoms with Crippen LogP contribution in [0.15, 0.2) is 36.5 Å². The molecule has 0 aromatic heterocycles. The van der Waals surface area contributed by atoms with E-state index in [2.05, 4.69) is 64.2 Å². The molecule has 0 radical (unpaired) electrons. The topological polar surface area (TPSA) is 380 Å². The zero-order valence-corrected chi connectivity index (χ0v) is 72.9. The van der Waals surface area contributed by atoms with Crippen LogP contribution in [0.25, 0.3) is 0 Å². The summed E-state index contributed by atoms with van der Waals surface area (Å²) in [5.74, 6) is -3.01. The lowest BCUT2D eigenvalue weighted by Crippen LogP contribution is -2.70. The number of allylic oxidation sites excluding steroid dienone is 6. The van der Waals surface area contributed by atoms with Crippen molar-refractivity contribution < 1.29 is 122 Å². The van der Waals surface area contributed by atoms with Crippen molar-refractivity contribution in [2.24, 2.45) is 0 Å². The molecule has 0 spiro atoms. The van der Waals surface area contributed by atoms with Crippen molar-refractivity contribution in [1.29, 1.82) is 0 Å². The number of hydrogen-bond acceptors (Lipinski definition) is 24. The Morgan fingerprint density at radius 1 is 0.336 bits per heavy atom. The van der Waals surface area contributed by atoms with Crippen LogP contribution in [0.3, 0.4) is 0 Å². The predicted octanol–water partition coefficient (Wildman–Crippen LogP) is 16.7. The SMILES string of the molecule is CCCCCC/C=C\CCCCCCCCCC(=O)OCC1OC(OC2C(OC(=O)CCCCCCCCCCCCCCCCCC)C(O)C(O)C(OC3OC(CO)C(O)C(O)C3O)C2OP(=O)(O)OCC(COC(=O)CCCCC/C=C\CCCCCCCC)OC(=O)CCCCC/C=C\CCCCCCCC)C(O)C(O)C1O. The summed E-state index contributed by atoms with van der Waals surface area (Å²) in [6.07, 6.45) is 30.1. The Balaban J connectivity index is 1.93. The Morgan fingerprint density at radius 2 is 0.647 bits per heavy atom. The van der Waals surface area contributed by atoms with Crippen molar-refractivity contribution in [2.45, 2.75) is 485 Å². The fraction of sp³-hybridized carbons (Fsp3) is 0.889. The van der Waals surface area contributed by atoms with Crippen molar-refractivity contribution in [1.82, 2.24) is 0 Å². The number of phosphoric acid groups is 1. The number of hydrogen-bond donors (Lipinski definition) is 10. The maximum atomic E-state index is 14.9. The molecule has 0 aromatic carbocycles. The number of carbonyl (C=O) groups excluding carboxylic acids is 4. The number of aliphatic hydroxyl groups excluding tert-OH is 9. The van der Waals surface area contributed by atoms with Gasteiger partial charge < -0.3 is 88.7 Å². The molecule has 3 rings (SSSR count). The van der Waals surface area contributed by atoms with Crippen molar-refractivity contribution in [3.63, 3.8) is 0 Å². The molecule has 3 aliphatic rings. The molecule has 678 valence electrons. The molecule has 1 saturated carbocycles. The first-order valence-corrected chi connectivity index (χ1v) is 47.7. The predicted molar refractivity (Wildman–Crippen MR) is 449 cm³/mol. The van der Waals surface area contributed by atoms with Gasteiger partial charge in [0, 0.05) is 25.7 Å². The van der Waals surface area contributed by atoms with Crippen molar-refractivity contribution in [2.75, 3.05) is 26.4 Å². The van der Waals surface area contributed by atoms with Crippen LogP contribution in [0.5, 0.6) is 0 Å². The molecule has 116 heavy (non-hydrogen) atoms. The fourth-order valence-electron chi connectivity index (χ4n) is 14.9. The molecule has 0 amide bonds. The largest absolute Gasteiger partial charge is 0.472 e. The first-order valence-electron chi connectivity index (χ1n) is 46.2. The summed E-state index contributed by atoms with van der Waals surface area (Å²) >= 11 is 0. The number of rotatable bonds is 74. The highest BCUT2D eigenvalue weighted by Crippen LogP contribution is 2.49. The van der Waals surface area contributed by atoms with E-state index in [0.29, 0.717) is 38.5 Å². The van der Waals surface area contributed by atoms with Crippen LogP contribution >= 0.6 is 7.82 Å². The van der Waals surface area contributed by atoms with Crippen molar-refractivity contribution >= 4 is 31.7 Å². The van der Waals surface area contributed by atoms with Crippen molar-refractivity contribution in [3.05, 3.63) is 36.5 Å². The van der Waals surface area contributed by atoms with Gasteiger partial charge in [-0.3, -0.25) is 28.2 Å². The van der Waals surface area contributed by atoms with Gasteiger partial charge in [0.15, 0.2) is 24.8 Å². The van der Waals surface area contributed by atoms with Gasteiger partial charge in [-0.25, -0.2) is 4.57 Å². The minimum absolute atomic E-state index is 0.00769. The van der Waals surface area contributed by atoms with Crippen LogP contribution in [0.1, 0.15) is 381 Å². The summed E-state index contributed by atoms with van der Waals surface area (Å²) in [5.41, 5.74) is 0. The minimum Gasteiger partial charge on any atom is -0.463 e. The highest BCUT2D eigenvalue weighted by atomic mass is 31.2. The van der Waals surface area contributed by atoms with E-state index in [1.54, 1.807) is 0 Å². The average Bonchev–Trinajstić information content (AvgIpc) is 0.754. The van der Waals surface area contributed by atoms with E-state index in [1.807, 2.05) is 0 Å². The maximum absolute atomic E-state index is 14.9. The summed E-state index contributed by atoms with van der Waals surface area (Å²) in [6.45, 7) is 5.53. The molecule has 18 unspecified atom stereocenters. The summed E-state index contributed by atoms with van der Waals surface area (Å²) in [6, 6.07) is 0. The van der Waals surface area contributed by atoms with Gasteiger partial charge in [-0.15, -0.1) is 0 Å². The standard InChI is InChI=1S/C90H163O25P/c1-5-9-13-17-21-25-29-33-35-37-41-45-49-53-57-61-65-76(95)112-85-81(100)82(101)86(113-89-83(102)79(98)77(96)71(66-91)110-89)88(87(85)114-90-84(103)80(99)78(97)72(111-90)69-107-74(93)63-59-55-51-47-43-40-36-34-30-26-22-18-14-10-6-2)115-116(104,105)108-68-70(109-75(94)64-60-56-52-48-44-39-32-28-24-20-16-12-8-4)67-106-73(92)62-58-54-50-46-42-38-31-27-23-19-15-11-7-3/h26,30,38-39,42,44,70-72,77-91,96-103H,5-25,27-29,31-37,40-41,43,45-69H2,1-4H3,(H,104,105)/b30-26-,42-38-,44-39-. The van der Waals surface area contributed by atoms with Gasteiger partial charge >= 0.3 is 31.7 Å². The molecule has 18 atom stereocenters. The molecule has 26 heteroatoms. The van der Waals surface area contributed by atoms with Crippen LogP contribution in [0, 0.1) is 0 Å². The normalized spacial score (nSPS) is 25.3. The second-order valence-corrected chi connectivity index (χ2v) is 34.2. The van der Waals surface area contributed by atoms with Crippen LogP contribution in [0.4, 0.5) is 0 Å². The molecule has 0 aromatic rings. The van der Waals surface area contributed by atoms with Crippen LogP contribution in [0.2, 0.25) is 0 Å². The van der Waals surface area contributed by atoms with Crippen LogP contribution < -0.4 is 0 Å². The molecule has 2 heterocycles. The Kier molecular flexibility index (Phi) is 63.7. The molecule has 25 nitrogen and oxygen atoms in total. The van der Waals surface area contributed by atoms with E-state index in [1.165, 1.54) is 148 Å². The van der Waals surface area contributed by atoms with E-state index < -0.39 is 162 Å². The Bertz CT molecular complexity index is 2560. The van der Waals surface area contributed by atoms with Gasteiger partial charge in [0.1, 0.15) is 92.6 Å². The van der Waals surface area contributed by atoms with Gasteiger partial charge in [0.05, 0.1) is 13.2 Å². The van der Waals surface area contributed by atoms with E-state index in [0.717, 1.165) is 141 Å². The summed E-state index contributed by atoms with van der Waals surface area (Å²) in [4.78, 5) is 66.3. The monoisotopic (exact) mass is 1680 g/mol. The average molecular weight is 1680 g/mol. The third kappa shape index (κ3) is 49.1. The number of carbonyl (C=O) groups is 4. The summed E-state index contributed by atoms with van der Waals surface area (Å²) < 4.78 is 73.3. The van der Waals surface area contributed by atoms with Gasteiger partial charge in [-0.05, 0) is 103 Å². The Hall–Kier alpha value is -3.31. The summed E-state index contributed by atoms with van der Waals surface area (Å²) in [7, 11) is -5.81. The highest BCUT2D eigenvalue weighted by Gasteiger charge is 2.60. The van der Waals surface area contributed by atoms with Crippen LogP contribution in [-0.2, 0) is 70.7 Å². The number of unbranched alkanes of at least 4 members (excludes halogenated alkanes) is 44. The lowest BCUT2D eigenvalue weighted by atomic mass is 9.84. The van der Waals surface area contributed by atoms with Gasteiger partial charge in [0.25, 0.3) is 0 Å². The molecular weight excluding hydrogens is 1510 g/mol. The van der Waals surface area contributed by atoms with Gasteiger partial charge in [0.2, 0.25) is 0 Å².